The SMILES string of the molecule is Clc1ccc2ncc[c]c2c1. The zero-order chi connectivity index (χ0) is 7.68. The Morgan fingerprint density at radius 2 is 2.27 bits per heavy atom. The molecule has 1 aromatic carbocycles. The number of fused-ring (bicyclic) bond motifs is 1. The zero-order valence-electron chi connectivity index (χ0n) is 5.71. The van der Waals surface area contributed by atoms with Crippen molar-refractivity contribution in [1.29, 1.82) is 0 Å². The highest BCUT2D eigenvalue weighted by atomic mass is 35.5. The maximum Gasteiger partial charge on any atom is 0.0709 e. The van der Waals surface area contributed by atoms with Gasteiger partial charge in [-0.25, -0.2) is 0 Å². The van der Waals surface area contributed by atoms with Crippen LogP contribution < -0.4 is 0 Å². The summed E-state index contributed by atoms with van der Waals surface area (Å²) in [6.45, 7) is 0. The van der Waals surface area contributed by atoms with Crippen molar-refractivity contribution in [3.05, 3.63) is 41.6 Å². The molecule has 0 N–H and O–H groups in total. The van der Waals surface area contributed by atoms with Gasteiger partial charge in [0, 0.05) is 16.6 Å². The fourth-order valence-corrected chi connectivity index (χ4v) is 1.15. The van der Waals surface area contributed by atoms with E-state index in [-0.39, 0.29) is 0 Å². The Labute approximate surface area is 69.6 Å². The molecule has 0 amide bonds. The molecule has 0 aliphatic heterocycles. The molecule has 53 valence electrons. The molecule has 1 radical (unpaired) electrons. The topological polar surface area (TPSA) is 12.9 Å². The molecule has 1 nitrogen and oxygen atoms in total. The molecule has 0 atom stereocenters. The van der Waals surface area contributed by atoms with Crippen LogP contribution in [0.2, 0.25) is 5.02 Å². The molecular weight excluding hydrogens is 158 g/mol. The number of hydrogen-bond acceptors (Lipinski definition) is 1. The third-order valence-electron chi connectivity index (χ3n) is 1.49. The predicted octanol–water partition coefficient (Wildman–Crippen LogP) is 2.69. The van der Waals surface area contributed by atoms with Gasteiger partial charge in [0.2, 0.25) is 0 Å². The summed E-state index contributed by atoms with van der Waals surface area (Å²) in [5, 5.41) is 1.68. The van der Waals surface area contributed by atoms with Gasteiger partial charge in [-0.15, -0.1) is 0 Å². The highest BCUT2D eigenvalue weighted by Gasteiger charge is 1.92. The molecule has 0 unspecified atom stereocenters. The smallest absolute Gasteiger partial charge is 0.0709 e. The molecule has 1 heterocycles. The second kappa shape index (κ2) is 2.51. The Hall–Kier alpha value is -1.08. The predicted molar refractivity (Wildman–Crippen MR) is 45.6 cm³/mol. The number of pyridine rings is 1. The van der Waals surface area contributed by atoms with Crippen LogP contribution in [0.5, 0.6) is 0 Å². The number of rotatable bonds is 0. The van der Waals surface area contributed by atoms with Crippen LogP contribution >= 0.6 is 11.6 Å². The minimum absolute atomic E-state index is 0.724. The first-order valence-corrected chi connectivity index (χ1v) is 3.66. The summed E-state index contributed by atoms with van der Waals surface area (Å²) in [7, 11) is 0. The Bertz CT molecular complexity index is 384. The van der Waals surface area contributed by atoms with Crippen LogP contribution in [0.1, 0.15) is 0 Å². The summed E-state index contributed by atoms with van der Waals surface area (Å²) < 4.78 is 0. The van der Waals surface area contributed by atoms with Gasteiger partial charge in [0.15, 0.2) is 0 Å². The fourth-order valence-electron chi connectivity index (χ4n) is 0.981. The molecule has 0 spiro atoms. The van der Waals surface area contributed by atoms with Crippen LogP contribution in [-0.4, -0.2) is 4.98 Å². The van der Waals surface area contributed by atoms with Crippen LogP contribution in [0.15, 0.2) is 30.5 Å². The highest BCUT2D eigenvalue weighted by molar-refractivity contribution is 6.31. The van der Waals surface area contributed by atoms with Gasteiger partial charge in [0.05, 0.1) is 5.52 Å². The Balaban J connectivity index is 2.83. The summed E-state index contributed by atoms with van der Waals surface area (Å²) in [5.41, 5.74) is 0.928. The van der Waals surface area contributed by atoms with Crippen LogP contribution in [0.3, 0.4) is 0 Å². The zero-order valence-corrected chi connectivity index (χ0v) is 6.47. The molecule has 2 rings (SSSR count). The molecule has 0 bridgehead atoms. The molecule has 0 aliphatic rings. The average Bonchev–Trinajstić information content (AvgIpc) is 2.04. The normalized spacial score (nSPS) is 10.3. The first-order chi connectivity index (χ1) is 5.36. The van der Waals surface area contributed by atoms with Crippen LogP contribution in [0.4, 0.5) is 0 Å². The van der Waals surface area contributed by atoms with Gasteiger partial charge in [-0.2, -0.15) is 0 Å². The standard InChI is InChI=1S/C9H5ClN/c10-8-3-4-9-7(6-8)2-1-5-11-9/h1,3-6H. The van der Waals surface area contributed by atoms with Gasteiger partial charge in [-0.05, 0) is 30.3 Å². The van der Waals surface area contributed by atoms with Gasteiger partial charge in [-0.1, -0.05) is 11.6 Å². The minimum atomic E-state index is 0.724. The number of benzene rings is 1. The van der Waals surface area contributed by atoms with E-state index in [1.165, 1.54) is 0 Å². The molecule has 2 aromatic rings. The molecule has 0 saturated carbocycles. The van der Waals surface area contributed by atoms with Gasteiger partial charge >= 0.3 is 0 Å². The second-order valence-corrected chi connectivity index (χ2v) is 2.69. The molecular formula is C9H5ClN. The van der Waals surface area contributed by atoms with Crippen LogP contribution in [0.25, 0.3) is 10.9 Å². The van der Waals surface area contributed by atoms with Crippen LogP contribution in [0, 0.1) is 6.07 Å². The highest BCUT2D eigenvalue weighted by Crippen LogP contribution is 2.15. The van der Waals surface area contributed by atoms with E-state index in [9.17, 15) is 0 Å². The van der Waals surface area contributed by atoms with E-state index < -0.39 is 0 Å². The number of halogens is 1. The van der Waals surface area contributed by atoms with E-state index in [0.29, 0.717) is 0 Å². The lowest BCUT2D eigenvalue weighted by atomic mass is 10.2. The lowest BCUT2D eigenvalue weighted by molar-refractivity contribution is 1.41. The minimum Gasteiger partial charge on any atom is -0.256 e. The van der Waals surface area contributed by atoms with Crippen molar-refractivity contribution in [1.82, 2.24) is 4.98 Å². The second-order valence-electron chi connectivity index (χ2n) is 2.25. The Kier molecular flexibility index (Phi) is 1.51. The van der Waals surface area contributed by atoms with E-state index >= 15 is 0 Å². The number of nitrogens with zero attached hydrogens (tertiary/aromatic N) is 1. The van der Waals surface area contributed by atoms with E-state index in [1.54, 1.807) is 12.3 Å². The summed E-state index contributed by atoms with van der Waals surface area (Å²) in [4.78, 5) is 4.13. The Morgan fingerprint density at radius 3 is 3.18 bits per heavy atom. The largest absolute Gasteiger partial charge is 0.256 e. The molecule has 0 saturated heterocycles. The first-order valence-electron chi connectivity index (χ1n) is 3.28. The molecule has 1 aromatic heterocycles. The third-order valence-corrected chi connectivity index (χ3v) is 1.72. The van der Waals surface area contributed by atoms with Gasteiger partial charge < -0.3 is 0 Å². The third kappa shape index (κ3) is 1.19. The lowest BCUT2D eigenvalue weighted by Gasteiger charge is -1.94. The summed E-state index contributed by atoms with van der Waals surface area (Å²) >= 11 is 5.77. The lowest BCUT2D eigenvalue weighted by Crippen LogP contribution is -1.75. The van der Waals surface area contributed by atoms with E-state index in [1.807, 2.05) is 18.2 Å². The van der Waals surface area contributed by atoms with Crippen molar-refractivity contribution in [2.75, 3.05) is 0 Å². The van der Waals surface area contributed by atoms with Gasteiger partial charge in [-0.3, -0.25) is 4.98 Å². The van der Waals surface area contributed by atoms with Crippen molar-refractivity contribution in [3.63, 3.8) is 0 Å². The van der Waals surface area contributed by atoms with E-state index in [2.05, 4.69) is 11.1 Å². The molecule has 0 aliphatic carbocycles. The number of aromatic nitrogens is 1. The van der Waals surface area contributed by atoms with Crippen LogP contribution in [-0.2, 0) is 0 Å². The first kappa shape index (κ1) is 6.62. The maximum absolute atomic E-state index is 5.77. The molecule has 2 heteroatoms. The van der Waals surface area contributed by atoms with Crippen molar-refractivity contribution >= 4 is 22.5 Å². The average molecular weight is 163 g/mol. The Morgan fingerprint density at radius 1 is 1.36 bits per heavy atom. The summed E-state index contributed by atoms with van der Waals surface area (Å²) in [6.07, 6.45) is 1.72. The van der Waals surface area contributed by atoms with E-state index in [4.69, 9.17) is 11.6 Å². The molecule has 0 fully saturated rings. The summed E-state index contributed by atoms with van der Waals surface area (Å²) in [6, 6.07) is 10.4. The summed E-state index contributed by atoms with van der Waals surface area (Å²) in [5.74, 6) is 0. The van der Waals surface area contributed by atoms with Crippen molar-refractivity contribution in [2.45, 2.75) is 0 Å². The van der Waals surface area contributed by atoms with Crippen molar-refractivity contribution in [3.8, 4) is 0 Å². The quantitative estimate of drug-likeness (QED) is 0.581. The van der Waals surface area contributed by atoms with E-state index in [0.717, 1.165) is 15.9 Å². The monoisotopic (exact) mass is 162 g/mol. The number of hydrogen-bond donors (Lipinski definition) is 0. The van der Waals surface area contributed by atoms with Crippen molar-refractivity contribution in [2.24, 2.45) is 0 Å². The van der Waals surface area contributed by atoms with Gasteiger partial charge in [0.1, 0.15) is 0 Å². The van der Waals surface area contributed by atoms with Gasteiger partial charge in [0.25, 0.3) is 0 Å². The fraction of sp³-hybridized carbons (Fsp3) is 0. The van der Waals surface area contributed by atoms with Crippen molar-refractivity contribution < 1.29 is 0 Å². The maximum atomic E-state index is 5.77. The molecule has 11 heavy (non-hydrogen) atoms.